The Morgan fingerprint density at radius 1 is 1.45 bits per heavy atom. The first-order chi connectivity index (χ1) is 9.65. The minimum atomic E-state index is -0.0704. The number of halogens is 1. The molecule has 0 saturated heterocycles. The zero-order valence-electron chi connectivity index (χ0n) is 10.2. The Balaban J connectivity index is 1.88. The third-order valence-electron chi connectivity index (χ3n) is 2.72. The van der Waals surface area contributed by atoms with Crippen LogP contribution in [0.25, 0.3) is 4.96 Å². The van der Waals surface area contributed by atoms with E-state index in [0.29, 0.717) is 21.4 Å². The van der Waals surface area contributed by atoms with Crippen LogP contribution in [-0.4, -0.2) is 9.38 Å². The molecule has 0 bridgehead atoms. The molecule has 4 nitrogen and oxygen atoms in total. The van der Waals surface area contributed by atoms with Crippen molar-refractivity contribution < 1.29 is 0 Å². The maximum absolute atomic E-state index is 11.9. The van der Waals surface area contributed by atoms with Crippen LogP contribution in [0.4, 0.5) is 5.69 Å². The standard InChI is InChI=1S/C13H10ClN3OS2/c14-9-2-1-3-10(15)12(9)20-7-8-6-11(18)17-4-5-19-13(17)16-8/h1-6H,7,15H2. The van der Waals surface area contributed by atoms with Crippen LogP contribution >= 0.6 is 34.7 Å². The number of hydrogen-bond acceptors (Lipinski definition) is 5. The largest absolute Gasteiger partial charge is 0.398 e. The molecule has 2 N–H and O–H groups in total. The van der Waals surface area contributed by atoms with Gasteiger partial charge in [-0.25, -0.2) is 4.98 Å². The first-order valence-electron chi connectivity index (χ1n) is 5.78. The lowest BCUT2D eigenvalue weighted by molar-refractivity contribution is 1.04. The van der Waals surface area contributed by atoms with Crippen molar-refractivity contribution in [2.45, 2.75) is 10.6 Å². The lowest BCUT2D eigenvalue weighted by Crippen LogP contribution is -2.12. The maximum Gasteiger partial charge on any atom is 0.258 e. The Morgan fingerprint density at radius 2 is 2.30 bits per heavy atom. The highest BCUT2D eigenvalue weighted by atomic mass is 35.5. The molecule has 0 aliphatic rings. The second-order valence-corrected chi connectivity index (χ2v) is 6.35. The molecule has 0 spiro atoms. The Kier molecular flexibility index (Phi) is 3.69. The summed E-state index contributed by atoms with van der Waals surface area (Å²) in [7, 11) is 0. The third-order valence-corrected chi connectivity index (χ3v) is 5.09. The molecule has 2 heterocycles. The van der Waals surface area contributed by atoms with Crippen LogP contribution in [0.3, 0.4) is 0 Å². The molecule has 1 aromatic carbocycles. The lowest BCUT2D eigenvalue weighted by Gasteiger charge is -2.07. The number of hydrogen-bond donors (Lipinski definition) is 1. The van der Waals surface area contributed by atoms with Gasteiger partial charge in [-0.3, -0.25) is 9.20 Å². The molecule has 0 aliphatic carbocycles. The minimum absolute atomic E-state index is 0.0704. The average molecular weight is 324 g/mol. The van der Waals surface area contributed by atoms with Crippen molar-refractivity contribution >= 4 is 45.3 Å². The molecular weight excluding hydrogens is 314 g/mol. The van der Waals surface area contributed by atoms with E-state index in [2.05, 4.69) is 4.98 Å². The second kappa shape index (κ2) is 5.47. The van der Waals surface area contributed by atoms with Gasteiger partial charge in [0.2, 0.25) is 0 Å². The Hall–Kier alpha value is -1.50. The van der Waals surface area contributed by atoms with Gasteiger partial charge in [0.05, 0.1) is 10.7 Å². The summed E-state index contributed by atoms with van der Waals surface area (Å²) in [5.74, 6) is 0.553. The van der Waals surface area contributed by atoms with Crippen LogP contribution in [0.2, 0.25) is 5.02 Å². The average Bonchev–Trinajstić information content (AvgIpc) is 2.87. The number of nitrogens with two attached hydrogens (primary N) is 1. The number of thiazole rings is 1. The number of thioether (sulfide) groups is 1. The van der Waals surface area contributed by atoms with Crippen molar-refractivity contribution in [3.63, 3.8) is 0 Å². The van der Waals surface area contributed by atoms with E-state index in [9.17, 15) is 4.79 Å². The Bertz CT molecular complexity index is 808. The van der Waals surface area contributed by atoms with Gasteiger partial charge in [0.1, 0.15) is 0 Å². The second-order valence-electron chi connectivity index (χ2n) is 4.09. The first-order valence-corrected chi connectivity index (χ1v) is 8.02. The fourth-order valence-electron chi connectivity index (χ4n) is 1.79. The van der Waals surface area contributed by atoms with Crippen LogP contribution in [0.5, 0.6) is 0 Å². The lowest BCUT2D eigenvalue weighted by atomic mass is 10.3. The monoisotopic (exact) mass is 323 g/mol. The van der Waals surface area contributed by atoms with E-state index in [-0.39, 0.29) is 5.56 Å². The van der Waals surface area contributed by atoms with Crippen molar-refractivity contribution in [1.82, 2.24) is 9.38 Å². The molecule has 0 amide bonds. The van der Waals surface area contributed by atoms with Gasteiger partial charge in [0, 0.05) is 34.0 Å². The molecule has 3 aromatic rings. The fraction of sp³-hybridized carbons (Fsp3) is 0.0769. The topological polar surface area (TPSA) is 60.4 Å². The van der Waals surface area contributed by atoms with Gasteiger partial charge >= 0.3 is 0 Å². The Labute approximate surface area is 128 Å². The van der Waals surface area contributed by atoms with Crippen LogP contribution < -0.4 is 11.3 Å². The van der Waals surface area contributed by atoms with Crippen molar-refractivity contribution in [2.75, 3.05) is 5.73 Å². The predicted octanol–water partition coefficient (Wildman–Crippen LogP) is 3.28. The fourth-order valence-corrected chi connectivity index (χ4v) is 3.75. The van der Waals surface area contributed by atoms with Gasteiger partial charge in [-0.05, 0) is 12.1 Å². The summed E-state index contributed by atoms with van der Waals surface area (Å²) in [5, 5.41) is 2.45. The minimum Gasteiger partial charge on any atom is -0.398 e. The van der Waals surface area contributed by atoms with Gasteiger partial charge < -0.3 is 5.73 Å². The molecule has 0 atom stereocenters. The van der Waals surface area contributed by atoms with Gasteiger partial charge in [0.25, 0.3) is 5.56 Å². The number of benzene rings is 1. The molecule has 20 heavy (non-hydrogen) atoms. The van der Waals surface area contributed by atoms with Gasteiger partial charge in [0.15, 0.2) is 4.96 Å². The highest BCUT2D eigenvalue weighted by molar-refractivity contribution is 7.98. The molecule has 0 saturated carbocycles. The van der Waals surface area contributed by atoms with Crippen molar-refractivity contribution in [3.8, 4) is 0 Å². The normalized spacial score (nSPS) is 11.1. The van der Waals surface area contributed by atoms with Gasteiger partial charge in [-0.1, -0.05) is 17.7 Å². The molecule has 0 fully saturated rings. The highest BCUT2D eigenvalue weighted by Gasteiger charge is 2.08. The molecule has 0 unspecified atom stereocenters. The smallest absolute Gasteiger partial charge is 0.258 e. The summed E-state index contributed by atoms with van der Waals surface area (Å²) in [6, 6.07) is 6.95. The summed E-state index contributed by atoms with van der Waals surface area (Å²) in [4.78, 5) is 17.8. The third kappa shape index (κ3) is 2.54. The maximum atomic E-state index is 11.9. The van der Waals surface area contributed by atoms with Crippen LogP contribution in [0.15, 0.2) is 45.5 Å². The number of aromatic nitrogens is 2. The summed E-state index contributed by atoms with van der Waals surface area (Å²) in [5.41, 5.74) is 7.19. The van der Waals surface area contributed by atoms with E-state index >= 15 is 0 Å². The van der Waals surface area contributed by atoms with E-state index in [1.165, 1.54) is 27.5 Å². The number of anilines is 1. The number of nitrogens with zero attached hydrogens (tertiary/aromatic N) is 2. The van der Waals surface area contributed by atoms with E-state index in [1.807, 2.05) is 11.4 Å². The number of rotatable bonds is 3. The molecule has 2 aromatic heterocycles. The van der Waals surface area contributed by atoms with Crippen molar-refractivity contribution in [3.05, 3.63) is 56.9 Å². The molecule has 0 radical (unpaired) electrons. The molecule has 7 heteroatoms. The number of fused-ring (bicyclic) bond motifs is 1. The zero-order chi connectivity index (χ0) is 14.1. The Morgan fingerprint density at radius 3 is 3.10 bits per heavy atom. The highest BCUT2D eigenvalue weighted by Crippen LogP contribution is 2.34. The summed E-state index contributed by atoms with van der Waals surface area (Å²) in [6.45, 7) is 0. The SMILES string of the molecule is Nc1cccc(Cl)c1SCc1cc(=O)n2ccsc2n1. The van der Waals surface area contributed by atoms with Crippen molar-refractivity contribution in [2.24, 2.45) is 0 Å². The van der Waals surface area contributed by atoms with E-state index in [1.54, 1.807) is 24.4 Å². The summed E-state index contributed by atoms with van der Waals surface area (Å²) < 4.78 is 1.53. The van der Waals surface area contributed by atoms with Gasteiger partial charge in [-0.15, -0.1) is 23.1 Å². The molecule has 102 valence electrons. The zero-order valence-corrected chi connectivity index (χ0v) is 12.6. The quantitative estimate of drug-likeness (QED) is 0.593. The predicted molar refractivity (Wildman–Crippen MR) is 84.8 cm³/mol. The van der Waals surface area contributed by atoms with E-state index in [4.69, 9.17) is 17.3 Å². The summed E-state index contributed by atoms with van der Waals surface area (Å²) >= 11 is 9.04. The van der Waals surface area contributed by atoms with Gasteiger partial charge in [-0.2, -0.15) is 0 Å². The molecular formula is C13H10ClN3OS2. The molecule has 3 rings (SSSR count). The van der Waals surface area contributed by atoms with E-state index < -0.39 is 0 Å². The van der Waals surface area contributed by atoms with Crippen LogP contribution in [-0.2, 0) is 5.75 Å². The van der Waals surface area contributed by atoms with Crippen LogP contribution in [0.1, 0.15) is 5.69 Å². The van der Waals surface area contributed by atoms with Crippen LogP contribution in [0, 0.1) is 0 Å². The number of nitrogen functional groups attached to an aromatic ring is 1. The molecule has 0 aliphatic heterocycles. The van der Waals surface area contributed by atoms with E-state index in [0.717, 1.165) is 10.6 Å². The first kappa shape index (κ1) is 13.5. The van der Waals surface area contributed by atoms with Crippen molar-refractivity contribution in [1.29, 1.82) is 0 Å². The summed E-state index contributed by atoms with van der Waals surface area (Å²) in [6.07, 6.45) is 1.72.